The highest BCUT2D eigenvalue weighted by Gasteiger charge is 2.38. The Hall–Kier alpha value is -2.61. The molecule has 0 fully saturated rings. The second-order valence-electron chi connectivity index (χ2n) is 5.01. The molecule has 0 heterocycles. The Morgan fingerprint density at radius 1 is 1.20 bits per heavy atom. The van der Waals surface area contributed by atoms with Crippen LogP contribution in [-0.4, -0.2) is 12.7 Å². The van der Waals surface area contributed by atoms with Crippen molar-refractivity contribution in [3.63, 3.8) is 0 Å². The summed E-state index contributed by atoms with van der Waals surface area (Å²) in [6.45, 7) is 1.51. The molecular weight excluding hydrogens is 359 g/mol. The molecule has 25 heavy (non-hydrogen) atoms. The summed E-state index contributed by atoms with van der Waals surface area (Å²) < 4.78 is 45.4. The normalized spacial score (nSPS) is 11.2. The minimum atomic E-state index is -4.78. The molecule has 9 heteroatoms. The van der Waals surface area contributed by atoms with E-state index in [1.807, 2.05) is 0 Å². The predicted octanol–water partition coefficient (Wildman–Crippen LogP) is 4.82. The van der Waals surface area contributed by atoms with Gasteiger partial charge in [-0.1, -0.05) is 11.6 Å². The van der Waals surface area contributed by atoms with Gasteiger partial charge >= 0.3 is 12.3 Å². The number of hydrogen-bond acceptors (Lipinski definition) is 4. The Balaban J connectivity index is 2.74. The second kappa shape index (κ2) is 7.10. The van der Waals surface area contributed by atoms with E-state index in [4.69, 9.17) is 27.8 Å². The number of carbonyl (C=O) groups excluding carboxylic acids is 1. The van der Waals surface area contributed by atoms with E-state index in [0.717, 1.165) is 11.0 Å². The molecule has 4 N–H and O–H groups in total. The van der Waals surface area contributed by atoms with Crippen LogP contribution in [0.2, 0.25) is 5.02 Å². The van der Waals surface area contributed by atoms with Gasteiger partial charge in [-0.3, -0.25) is 0 Å². The maximum atomic E-state index is 13.5. The van der Waals surface area contributed by atoms with E-state index in [1.54, 1.807) is 0 Å². The van der Waals surface area contributed by atoms with E-state index in [1.165, 1.54) is 31.2 Å². The number of nitrogen functional groups attached to an aromatic ring is 2. The molecule has 0 spiro atoms. The van der Waals surface area contributed by atoms with Crippen LogP contribution < -0.4 is 16.4 Å². The molecule has 0 bridgehead atoms. The molecular formula is C16H15ClF3N3O2. The minimum Gasteiger partial charge on any atom is -0.449 e. The lowest BCUT2D eigenvalue weighted by molar-refractivity contribution is -0.137. The van der Waals surface area contributed by atoms with Crippen LogP contribution in [0.25, 0.3) is 0 Å². The van der Waals surface area contributed by atoms with Gasteiger partial charge in [0.1, 0.15) is 0 Å². The van der Waals surface area contributed by atoms with Crippen LogP contribution in [0.4, 0.5) is 40.7 Å². The average molecular weight is 374 g/mol. The number of anilines is 4. The van der Waals surface area contributed by atoms with Crippen molar-refractivity contribution in [1.82, 2.24) is 0 Å². The summed E-state index contributed by atoms with van der Waals surface area (Å²) in [5.41, 5.74) is 9.19. The van der Waals surface area contributed by atoms with Crippen molar-refractivity contribution >= 4 is 40.4 Å². The lowest BCUT2D eigenvalue weighted by Gasteiger charge is -2.27. The minimum absolute atomic E-state index is 0.0286. The molecule has 0 saturated carbocycles. The van der Waals surface area contributed by atoms with Crippen LogP contribution >= 0.6 is 11.6 Å². The first kappa shape index (κ1) is 18.7. The van der Waals surface area contributed by atoms with Crippen molar-refractivity contribution in [3.05, 3.63) is 47.0 Å². The van der Waals surface area contributed by atoms with E-state index in [-0.39, 0.29) is 23.7 Å². The van der Waals surface area contributed by atoms with E-state index >= 15 is 0 Å². The van der Waals surface area contributed by atoms with Crippen LogP contribution in [0.3, 0.4) is 0 Å². The molecule has 0 saturated heterocycles. The molecule has 0 aliphatic carbocycles. The van der Waals surface area contributed by atoms with Crippen molar-refractivity contribution in [2.75, 3.05) is 23.0 Å². The van der Waals surface area contributed by atoms with Crippen molar-refractivity contribution in [3.8, 4) is 0 Å². The smallest absolute Gasteiger partial charge is 0.419 e. The SMILES string of the molecule is CCOC(=O)N(c1ccc(Cl)cc1)c1c(N)cc(N)cc1C(F)(F)F. The number of benzene rings is 2. The summed E-state index contributed by atoms with van der Waals surface area (Å²) in [4.78, 5) is 13.1. The van der Waals surface area contributed by atoms with Crippen molar-refractivity contribution in [2.24, 2.45) is 0 Å². The first-order valence-electron chi connectivity index (χ1n) is 7.13. The number of alkyl halides is 3. The van der Waals surface area contributed by atoms with Gasteiger partial charge in [-0.2, -0.15) is 13.2 Å². The number of hydrogen-bond donors (Lipinski definition) is 2. The van der Waals surface area contributed by atoms with Gasteiger partial charge in [-0.15, -0.1) is 0 Å². The highest BCUT2D eigenvalue weighted by molar-refractivity contribution is 6.30. The van der Waals surface area contributed by atoms with Gasteiger partial charge < -0.3 is 16.2 Å². The number of carbonyl (C=O) groups is 1. The largest absolute Gasteiger partial charge is 0.449 e. The van der Waals surface area contributed by atoms with Gasteiger partial charge in [0.2, 0.25) is 0 Å². The molecule has 0 radical (unpaired) electrons. The molecule has 0 aliphatic heterocycles. The Morgan fingerprint density at radius 3 is 2.32 bits per heavy atom. The molecule has 2 aromatic rings. The number of nitrogens with zero attached hydrogens (tertiary/aromatic N) is 1. The van der Waals surface area contributed by atoms with Crippen LogP contribution in [0, 0.1) is 0 Å². The van der Waals surface area contributed by atoms with Crippen molar-refractivity contribution in [2.45, 2.75) is 13.1 Å². The zero-order valence-electron chi connectivity index (χ0n) is 13.1. The number of ether oxygens (including phenoxy) is 1. The number of halogens is 4. The molecule has 134 valence electrons. The van der Waals surface area contributed by atoms with Crippen LogP contribution in [0.1, 0.15) is 12.5 Å². The highest BCUT2D eigenvalue weighted by Crippen LogP contribution is 2.44. The number of rotatable bonds is 3. The summed E-state index contributed by atoms with van der Waals surface area (Å²) in [6.07, 6.45) is -5.79. The van der Waals surface area contributed by atoms with E-state index < -0.39 is 23.5 Å². The highest BCUT2D eigenvalue weighted by atomic mass is 35.5. The topological polar surface area (TPSA) is 81.6 Å². The fraction of sp³-hybridized carbons (Fsp3) is 0.188. The van der Waals surface area contributed by atoms with Gasteiger partial charge in [0.15, 0.2) is 0 Å². The first-order valence-corrected chi connectivity index (χ1v) is 7.51. The molecule has 2 rings (SSSR count). The fourth-order valence-corrected chi connectivity index (χ4v) is 2.38. The number of amides is 1. The van der Waals surface area contributed by atoms with Crippen LogP contribution in [0.5, 0.6) is 0 Å². The lowest BCUT2D eigenvalue weighted by Crippen LogP contribution is -2.30. The molecule has 0 aromatic heterocycles. The average Bonchev–Trinajstić information content (AvgIpc) is 2.50. The van der Waals surface area contributed by atoms with E-state index in [0.29, 0.717) is 11.1 Å². The second-order valence-corrected chi connectivity index (χ2v) is 5.45. The maximum Gasteiger partial charge on any atom is 0.419 e. The molecule has 0 unspecified atom stereocenters. The monoisotopic (exact) mass is 373 g/mol. The summed E-state index contributed by atoms with van der Waals surface area (Å²) in [5.74, 6) is 0. The Labute approximate surface area is 146 Å². The lowest BCUT2D eigenvalue weighted by atomic mass is 10.1. The standard InChI is InChI=1S/C16H15ClF3N3O2/c1-2-25-15(24)23(11-5-3-9(17)4-6-11)14-12(16(18,19)20)7-10(21)8-13(14)22/h3-8H,2,21-22H2,1H3. The fourth-order valence-electron chi connectivity index (χ4n) is 2.25. The van der Waals surface area contributed by atoms with Gasteiger partial charge in [0.05, 0.1) is 29.2 Å². The summed E-state index contributed by atoms with van der Waals surface area (Å²) in [5, 5.41) is 0.355. The Bertz CT molecular complexity index is 779. The third kappa shape index (κ3) is 4.08. The summed E-state index contributed by atoms with van der Waals surface area (Å²) >= 11 is 5.80. The summed E-state index contributed by atoms with van der Waals surface area (Å²) in [6, 6.07) is 7.50. The molecule has 2 aromatic carbocycles. The zero-order valence-corrected chi connectivity index (χ0v) is 13.9. The van der Waals surface area contributed by atoms with Gasteiger partial charge in [-0.25, -0.2) is 9.69 Å². The predicted molar refractivity (Wildman–Crippen MR) is 90.9 cm³/mol. The maximum absolute atomic E-state index is 13.5. The van der Waals surface area contributed by atoms with Gasteiger partial charge in [0, 0.05) is 10.7 Å². The molecule has 5 nitrogen and oxygen atoms in total. The quantitative estimate of drug-likeness (QED) is 0.756. The molecule has 0 aliphatic rings. The zero-order chi connectivity index (χ0) is 18.8. The van der Waals surface area contributed by atoms with E-state index in [9.17, 15) is 18.0 Å². The summed E-state index contributed by atoms with van der Waals surface area (Å²) in [7, 11) is 0. The Morgan fingerprint density at radius 2 is 1.80 bits per heavy atom. The molecule has 0 atom stereocenters. The first-order chi connectivity index (χ1) is 11.6. The van der Waals surface area contributed by atoms with Gasteiger partial charge in [0.25, 0.3) is 0 Å². The van der Waals surface area contributed by atoms with Crippen LogP contribution in [0.15, 0.2) is 36.4 Å². The Kier molecular flexibility index (Phi) is 5.32. The third-order valence-corrected chi connectivity index (χ3v) is 3.48. The van der Waals surface area contributed by atoms with Crippen LogP contribution in [-0.2, 0) is 10.9 Å². The molecule has 1 amide bonds. The van der Waals surface area contributed by atoms with Crippen molar-refractivity contribution in [1.29, 1.82) is 0 Å². The van der Waals surface area contributed by atoms with Gasteiger partial charge in [-0.05, 0) is 43.3 Å². The third-order valence-electron chi connectivity index (χ3n) is 3.23. The van der Waals surface area contributed by atoms with E-state index in [2.05, 4.69) is 0 Å². The van der Waals surface area contributed by atoms with Crippen molar-refractivity contribution < 1.29 is 22.7 Å². The number of nitrogens with two attached hydrogens (primary N) is 2.